The maximum Gasteiger partial charge on any atom is 0.341 e. The van der Waals surface area contributed by atoms with Gasteiger partial charge in [-0.15, -0.1) is 22.7 Å². The van der Waals surface area contributed by atoms with Gasteiger partial charge in [0.15, 0.2) is 0 Å². The van der Waals surface area contributed by atoms with E-state index in [1.165, 1.54) is 11.3 Å². The predicted octanol–water partition coefficient (Wildman–Crippen LogP) is 6.23. The molecule has 1 aliphatic heterocycles. The minimum absolute atomic E-state index is 0.0298. The maximum absolute atomic E-state index is 14.8. The first-order valence-corrected chi connectivity index (χ1v) is 14.0. The number of thiophene rings is 2. The fourth-order valence-corrected chi connectivity index (χ4v) is 7.50. The molecule has 2 aromatic heterocycles. The van der Waals surface area contributed by atoms with Gasteiger partial charge in [-0.25, -0.2) is 9.59 Å². The summed E-state index contributed by atoms with van der Waals surface area (Å²) < 4.78 is 34.9. The minimum atomic E-state index is -3.18. The predicted molar refractivity (Wildman–Crippen MR) is 140 cm³/mol. The number of esters is 1. The average Bonchev–Trinajstić information content (AvgIpc) is 3.40. The molecule has 2 amide bonds. The van der Waals surface area contributed by atoms with Crippen LogP contribution in [0.5, 0.6) is 0 Å². The Bertz CT molecular complexity index is 1160. The van der Waals surface area contributed by atoms with E-state index in [0.717, 1.165) is 64.4 Å². The standard InChI is InChI=1S/C26H33F2N3O3S2/c1-5-26(27,28)22-18(16-11-12-31(15(3)4)14-20(16)35-22)13-29-25(33)30-23-21(24(32)34-6-2)17-9-7-8-10-19(17)36-23/h5,15H,1,6-14H2,2-4H3,(H2,29,30,33). The van der Waals surface area contributed by atoms with Gasteiger partial charge >= 0.3 is 17.9 Å². The molecule has 2 N–H and O–H groups in total. The van der Waals surface area contributed by atoms with Gasteiger partial charge < -0.3 is 10.1 Å². The van der Waals surface area contributed by atoms with Crippen molar-refractivity contribution in [3.8, 4) is 0 Å². The van der Waals surface area contributed by atoms with Crippen molar-refractivity contribution in [3.63, 3.8) is 0 Å². The van der Waals surface area contributed by atoms with Gasteiger partial charge in [-0.3, -0.25) is 10.2 Å². The van der Waals surface area contributed by atoms with Gasteiger partial charge in [0.2, 0.25) is 0 Å². The molecule has 0 spiro atoms. The van der Waals surface area contributed by atoms with Crippen molar-refractivity contribution in [1.82, 2.24) is 10.2 Å². The Kier molecular flexibility index (Phi) is 8.16. The van der Waals surface area contributed by atoms with Crippen LogP contribution in [0.15, 0.2) is 12.7 Å². The van der Waals surface area contributed by atoms with Crippen molar-refractivity contribution in [1.29, 1.82) is 0 Å². The van der Waals surface area contributed by atoms with Crippen LogP contribution >= 0.6 is 22.7 Å². The highest BCUT2D eigenvalue weighted by Crippen LogP contribution is 2.43. The van der Waals surface area contributed by atoms with Gasteiger partial charge in [0, 0.05) is 35.4 Å². The van der Waals surface area contributed by atoms with Crippen molar-refractivity contribution >= 4 is 39.7 Å². The monoisotopic (exact) mass is 537 g/mol. The van der Waals surface area contributed by atoms with Crippen molar-refractivity contribution in [3.05, 3.63) is 49.5 Å². The normalized spacial score (nSPS) is 15.8. The smallest absolute Gasteiger partial charge is 0.341 e. The van der Waals surface area contributed by atoms with E-state index in [9.17, 15) is 18.4 Å². The molecule has 0 saturated carbocycles. The zero-order valence-electron chi connectivity index (χ0n) is 21.0. The van der Waals surface area contributed by atoms with Gasteiger partial charge in [-0.1, -0.05) is 6.58 Å². The third-order valence-corrected chi connectivity index (χ3v) is 9.34. The van der Waals surface area contributed by atoms with Crippen molar-refractivity contribution in [2.24, 2.45) is 0 Å². The summed E-state index contributed by atoms with van der Waals surface area (Å²) in [6, 6.07) is -0.215. The van der Waals surface area contributed by atoms with E-state index < -0.39 is 17.9 Å². The van der Waals surface area contributed by atoms with E-state index in [4.69, 9.17) is 4.74 Å². The molecule has 2 aliphatic rings. The molecule has 0 aromatic carbocycles. The van der Waals surface area contributed by atoms with Crippen molar-refractivity contribution in [2.75, 3.05) is 18.5 Å². The van der Waals surface area contributed by atoms with Gasteiger partial charge in [0.1, 0.15) is 5.00 Å². The van der Waals surface area contributed by atoms with Crippen LogP contribution in [-0.4, -0.2) is 36.1 Å². The van der Waals surface area contributed by atoms with Gasteiger partial charge in [-0.05, 0) is 75.6 Å². The fourth-order valence-electron chi connectivity index (χ4n) is 4.87. The van der Waals surface area contributed by atoms with E-state index in [-0.39, 0.29) is 18.0 Å². The largest absolute Gasteiger partial charge is 0.462 e. The lowest BCUT2D eigenvalue weighted by molar-refractivity contribution is 0.0524. The number of nitrogens with zero attached hydrogens (tertiary/aromatic N) is 1. The molecule has 4 rings (SSSR count). The first kappa shape index (κ1) is 26.8. The highest BCUT2D eigenvalue weighted by molar-refractivity contribution is 7.17. The third-order valence-electron chi connectivity index (χ3n) is 6.79. The number of hydrogen-bond acceptors (Lipinski definition) is 6. The molecule has 0 fully saturated rings. The number of ether oxygens (including phenoxy) is 1. The second kappa shape index (κ2) is 11.0. The number of fused-ring (bicyclic) bond motifs is 2. The Morgan fingerprint density at radius 3 is 2.61 bits per heavy atom. The molecule has 3 heterocycles. The maximum atomic E-state index is 14.8. The summed E-state index contributed by atoms with van der Waals surface area (Å²) >= 11 is 2.50. The molecule has 1 aliphatic carbocycles. The number of carbonyl (C=O) groups is 2. The number of anilines is 1. The minimum Gasteiger partial charge on any atom is -0.462 e. The molecule has 36 heavy (non-hydrogen) atoms. The van der Waals surface area contributed by atoms with E-state index in [2.05, 4.69) is 36.0 Å². The Morgan fingerprint density at radius 1 is 1.17 bits per heavy atom. The highest BCUT2D eigenvalue weighted by atomic mass is 32.1. The summed E-state index contributed by atoms with van der Waals surface area (Å²) in [7, 11) is 0. The number of allylic oxidation sites excluding steroid dienone is 1. The summed E-state index contributed by atoms with van der Waals surface area (Å²) in [5.74, 6) is -3.62. The molecule has 2 aromatic rings. The number of alkyl halides is 2. The van der Waals surface area contributed by atoms with Crippen LogP contribution in [0.1, 0.15) is 75.3 Å². The lowest BCUT2D eigenvalue weighted by atomic mass is 9.95. The van der Waals surface area contributed by atoms with Crippen molar-refractivity contribution < 1.29 is 23.1 Å². The summed E-state index contributed by atoms with van der Waals surface area (Å²) in [4.78, 5) is 29.8. The number of aryl methyl sites for hydroxylation is 1. The molecule has 0 atom stereocenters. The molecular weight excluding hydrogens is 504 g/mol. The number of amides is 2. The molecule has 10 heteroatoms. The third kappa shape index (κ3) is 5.35. The van der Waals surface area contributed by atoms with Crippen molar-refractivity contribution in [2.45, 2.75) is 77.9 Å². The van der Waals surface area contributed by atoms with Gasteiger partial charge in [0.25, 0.3) is 0 Å². The number of urea groups is 1. The second-order valence-electron chi connectivity index (χ2n) is 9.40. The highest BCUT2D eigenvalue weighted by Gasteiger charge is 2.37. The Morgan fingerprint density at radius 2 is 1.92 bits per heavy atom. The van der Waals surface area contributed by atoms with E-state index >= 15 is 0 Å². The summed E-state index contributed by atoms with van der Waals surface area (Å²) in [5, 5.41) is 6.01. The Hall–Kier alpha value is -2.30. The van der Waals surface area contributed by atoms with Crippen LogP contribution in [-0.2, 0) is 43.0 Å². The number of rotatable bonds is 8. The van der Waals surface area contributed by atoms with Crippen LogP contribution in [0.4, 0.5) is 18.6 Å². The number of halogens is 2. The lowest BCUT2D eigenvalue weighted by Gasteiger charge is -2.30. The molecular formula is C26H33F2N3O3S2. The molecule has 6 nitrogen and oxygen atoms in total. The fraction of sp³-hybridized carbons (Fsp3) is 0.538. The zero-order chi connectivity index (χ0) is 26.0. The van der Waals surface area contributed by atoms with Gasteiger partial charge in [-0.2, -0.15) is 8.78 Å². The molecule has 196 valence electrons. The first-order chi connectivity index (χ1) is 17.2. The Balaban J connectivity index is 1.55. The second-order valence-corrected chi connectivity index (χ2v) is 11.6. The van der Waals surface area contributed by atoms with E-state index in [1.54, 1.807) is 6.92 Å². The van der Waals surface area contributed by atoms with Crippen LogP contribution in [0.2, 0.25) is 0 Å². The summed E-state index contributed by atoms with van der Waals surface area (Å²) in [6.45, 7) is 10.9. The molecule has 0 unspecified atom stereocenters. The lowest BCUT2D eigenvalue weighted by Crippen LogP contribution is -2.36. The zero-order valence-corrected chi connectivity index (χ0v) is 22.6. The van der Waals surface area contributed by atoms with Crippen LogP contribution in [0.25, 0.3) is 0 Å². The molecule has 0 radical (unpaired) electrons. The van der Waals surface area contributed by atoms with Crippen LogP contribution in [0.3, 0.4) is 0 Å². The Labute approximate surface area is 218 Å². The van der Waals surface area contributed by atoms with E-state index in [0.29, 0.717) is 41.2 Å². The number of nitrogens with one attached hydrogen (secondary N) is 2. The summed E-state index contributed by atoms with van der Waals surface area (Å²) in [6.07, 6.45) is 4.98. The average molecular weight is 538 g/mol. The van der Waals surface area contributed by atoms with Crippen LogP contribution in [0, 0.1) is 0 Å². The molecule has 0 saturated heterocycles. The number of carbonyl (C=O) groups excluding carboxylic acids is 2. The topological polar surface area (TPSA) is 70.7 Å². The SMILES string of the molecule is C=CC(F)(F)c1sc2c(c1CNC(=O)Nc1sc3c(c1C(=O)OCC)CCCC3)CCN(C(C)C)C2. The van der Waals surface area contributed by atoms with E-state index in [1.807, 2.05) is 0 Å². The summed E-state index contributed by atoms with van der Waals surface area (Å²) in [5.41, 5.74) is 2.74. The van der Waals surface area contributed by atoms with Crippen LogP contribution < -0.4 is 10.6 Å². The molecule has 0 bridgehead atoms. The number of hydrogen-bond donors (Lipinski definition) is 2. The quantitative estimate of drug-likeness (QED) is 0.309. The van der Waals surface area contributed by atoms with Gasteiger partial charge in [0.05, 0.1) is 17.0 Å². The first-order valence-electron chi connectivity index (χ1n) is 12.4.